The van der Waals surface area contributed by atoms with E-state index in [-0.39, 0.29) is 29.1 Å². The third-order valence-electron chi connectivity index (χ3n) is 2.58. The number of nitrogens with two attached hydrogens (primary N) is 1. The van der Waals surface area contributed by atoms with E-state index in [9.17, 15) is 19.6 Å². The molecule has 0 aromatic rings. The Morgan fingerprint density at radius 2 is 2.00 bits per heavy atom. The average Bonchev–Trinajstić information content (AvgIpc) is 2.30. The standard InChI is InChI=1S/C11H20N3O5S/c1-7(15)13-8(9(12)16)6-20-10(17)11(2,3)4-5-14(18)19/h8,18H,4-6H2,1-3H3,(H2,12,16)(H,13,15)/q-1. The van der Waals surface area contributed by atoms with Gasteiger partial charge in [0.25, 0.3) is 0 Å². The summed E-state index contributed by atoms with van der Waals surface area (Å²) in [6, 6.07) is -0.925. The Hall–Kier alpha value is -1.16. The first kappa shape index (κ1) is 18.8. The minimum Gasteiger partial charge on any atom is -0.762 e. The Morgan fingerprint density at radius 1 is 1.45 bits per heavy atom. The Kier molecular flexibility index (Phi) is 7.72. The molecule has 0 aliphatic rings. The Bertz CT molecular complexity index is 373. The lowest BCUT2D eigenvalue weighted by atomic mass is 9.91. The third-order valence-corrected chi connectivity index (χ3v) is 3.90. The molecule has 0 rings (SSSR count). The summed E-state index contributed by atoms with van der Waals surface area (Å²) in [5.74, 6) is -1.11. The summed E-state index contributed by atoms with van der Waals surface area (Å²) in [5.41, 5.74) is 4.28. The van der Waals surface area contributed by atoms with Crippen LogP contribution in [0, 0.1) is 10.6 Å². The zero-order valence-electron chi connectivity index (χ0n) is 11.7. The van der Waals surface area contributed by atoms with E-state index in [1.165, 1.54) is 6.92 Å². The maximum Gasteiger partial charge on any atom is 0.240 e. The van der Waals surface area contributed by atoms with Crippen molar-refractivity contribution in [1.82, 2.24) is 10.5 Å². The van der Waals surface area contributed by atoms with Gasteiger partial charge in [-0.05, 0) is 6.42 Å². The number of primary amides is 1. The molecule has 116 valence electrons. The van der Waals surface area contributed by atoms with E-state index in [1.807, 2.05) is 0 Å². The summed E-state index contributed by atoms with van der Waals surface area (Å²) >= 11 is 0.857. The van der Waals surface area contributed by atoms with Crippen LogP contribution in [0.2, 0.25) is 0 Å². The van der Waals surface area contributed by atoms with Gasteiger partial charge in [0.2, 0.25) is 11.8 Å². The summed E-state index contributed by atoms with van der Waals surface area (Å²) in [4.78, 5) is 34.0. The highest BCUT2D eigenvalue weighted by molar-refractivity contribution is 8.13. The van der Waals surface area contributed by atoms with Crippen LogP contribution in [0.25, 0.3) is 0 Å². The van der Waals surface area contributed by atoms with Crippen LogP contribution in [0.5, 0.6) is 0 Å². The zero-order chi connectivity index (χ0) is 15.9. The molecule has 1 atom stereocenters. The molecule has 0 aliphatic carbocycles. The molecular weight excluding hydrogens is 286 g/mol. The van der Waals surface area contributed by atoms with Crippen LogP contribution in [-0.2, 0) is 14.4 Å². The van der Waals surface area contributed by atoms with Crippen LogP contribution in [0.3, 0.4) is 0 Å². The van der Waals surface area contributed by atoms with Crippen LogP contribution >= 0.6 is 11.8 Å². The molecule has 8 nitrogen and oxygen atoms in total. The number of amides is 2. The molecule has 0 spiro atoms. The van der Waals surface area contributed by atoms with Gasteiger partial charge < -0.3 is 21.5 Å². The van der Waals surface area contributed by atoms with E-state index < -0.39 is 23.3 Å². The van der Waals surface area contributed by atoms with Gasteiger partial charge in [-0.1, -0.05) is 25.6 Å². The zero-order valence-corrected chi connectivity index (χ0v) is 12.5. The second-order valence-corrected chi connectivity index (χ2v) is 5.96. The SMILES string of the molecule is CC(=O)NC(CSC(=O)C(C)(C)CCN([O-])O)C(N)=O. The van der Waals surface area contributed by atoms with Crippen molar-refractivity contribution in [2.75, 3.05) is 12.3 Å². The molecular formula is C11H20N3O5S-. The highest BCUT2D eigenvalue weighted by atomic mass is 32.2. The van der Waals surface area contributed by atoms with Crippen molar-refractivity contribution in [3.63, 3.8) is 0 Å². The van der Waals surface area contributed by atoms with Crippen LogP contribution in [0.15, 0.2) is 0 Å². The predicted octanol–water partition coefficient (Wildman–Crippen LogP) is -0.158. The Morgan fingerprint density at radius 3 is 2.40 bits per heavy atom. The summed E-state index contributed by atoms with van der Waals surface area (Å²) in [5, 5.41) is 20.8. The first-order chi connectivity index (χ1) is 9.06. The fraction of sp³-hybridized carbons (Fsp3) is 0.727. The second-order valence-electron chi connectivity index (χ2n) is 4.96. The Labute approximate surface area is 121 Å². The van der Waals surface area contributed by atoms with Gasteiger partial charge >= 0.3 is 0 Å². The van der Waals surface area contributed by atoms with E-state index in [4.69, 9.17) is 10.9 Å². The van der Waals surface area contributed by atoms with Gasteiger partial charge in [0.15, 0.2) is 5.12 Å². The topological polar surface area (TPSA) is 136 Å². The van der Waals surface area contributed by atoms with Crippen LogP contribution in [-0.4, -0.2) is 45.7 Å². The molecule has 20 heavy (non-hydrogen) atoms. The van der Waals surface area contributed by atoms with Gasteiger partial charge in [-0.15, -0.1) is 0 Å². The van der Waals surface area contributed by atoms with Gasteiger partial charge in [-0.2, -0.15) is 0 Å². The number of hydrogen-bond acceptors (Lipinski definition) is 7. The van der Waals surface area contributed by atoms with Crippen molar-refractivity contribution in [1.29, 1.82) is 0 Å². The first-order valence-corrected chi connectivity index (χ1v) is 6.92. The smallest absolute Gasteiger partial charge is 0.240 e. The molecule has 0 aromatic carbocycles. The van der Waals surface area contributed by atoms with Crippen molar-refractivity contribution in [2.24, 2.45) is 11.1 Å². The van der Waals surface area contributed by atoms with Crippen molar-refractivity contribution in [3.8, 4) is 0 Å². The lowest BCUT2D eigenvalue weighted by molar-refractivity contribution is -0.125. The first-order valence-electron chi connectivity index (χ1n) is 5.93. The van der Waals surface area contributed by atoms with Crippen LogP contribution in [0.1, 0.15) is 27.2 Å². The molecule has 2 amide bonds. The normalized spacial score (nSPS) is 13.1. The van der Waals surface area contributed by atoms with Gasteiger partial charge in [0.1, 0.15) is 6.04 Å². The summed E-state index contributed by atoms with van der Waals surface area (Å²) in [7, 11) is 0. The third kappa shape index (κ3) is 7.43. The monoisotopic (exact) mass is 306 g/mol. The number of nitrogens with one attached hydrogen (secondary N) is 1. The fourth-order valence-corrected chi connectivity index (χ4v) is 2.33. The van der Waals surface area contributed by atoms with Gasteiger partial charge in [-0.3, -0.25) is 19.6 Å². The number of carbonyl (C=O) groups is 3. The molecule has 0 bridgehead atoms. The molecule has 0 saturated carbocycles. The summed E-state index contributed by atoms with van der Waals surface area (Å²) < 4.78 is 0. The summed E-state index contributed by atoms with van der Waals surface area (Å²) in [6.07, 6.45) is 0.167. The van der Waals surface area contributed by atoms with E-state index in [0.29, 0.717) is 0 Å². The molecule has 0 heterocycles. The van der Waals surface area contributed by atoms with Crippen molar-refractivity contribution in [3.05, 3.63) is 5.21 Å². The molecule has 0 radical (unpaired) electrons. The lowest BCUT2D eigenvalue weighted by Gasteiger charge is -2.27. The number of carbonyl (C=O) groups excluding carboxylic acids is 3. The minimum atomic E-state index is -0.925. The number of nitrogens with zero attached hydrogens (tertiary/aromatic N) is 1. The maximum absolute atomic E-state index is 12.0. The average molecular weight is 306 g/mol. The molecule has 0 aliphatic heterocycles. The molecule has 4 N–H and O–H groups in total. The molecule has 0 saturated heterocycles. The fourth-order valence-electron chi connectivity index (χ4n) is 1.27. The molecule has 0 fully saturated rings. The van der Waals surface area contributed by atoms with Crippen molar-refractivity contribution >= 4 is 28.7 Å². The van der Waals surface area contributed by atoms with Crippen LogP contribution < -0.4 is 11.1 Å². The van der Waals surface area contributed by atoms with Crippen LogP contribution in [0.4, 0.5) is 0 Å². The number of thioether (sulfide) groups is 1. The Balaban J connectivity index is 4.43. The minimum absolute atomic E-state index is 0.0252. The predicted molar refractivity (Wildman–Crippen MR) is 74.5 cm³/mol. The molecule has 1 unspecified atom stereocenters. The highest BCUT2D eigenvalue weighted by Crippen LogP contribution is 2.28. The highest BCUT2D eigenvalue weighted by Gasteiger charge is 2.29. The van der Waals surface area contributed by atoms with Gasteiger partial charge in [0.05, 0.1) is 0 Å². The van der Waals surface area contributed by atoms with E-state index in [0.717, 1.165) is 11.8 Å². The van der Waals surface area contributed by atoms with Crippen molar-refractivity contribution < 1.29 is 19.6 Å². The number of hydroxylamine groups is 2. The van der Waals surface area contributed by atoms with E-state index >= 15 is 0 Å². The van der Waals surface area contributed by atoms with Gasteiger partial charge in [-0.25, -0.2) is 0 Å². The maximum atomic E-state index is 12.0. The quantitative estimate of drug-likeness (QED) is 0.530. The largest absolute Gasteiger partial charge is 0.762 e. The lowest BCUT2D eigenvalue weighted by Crippen LogP contribution is -2.45. The van der Waals surface area contributed by atoms with E-state index in [2.05, 4.69) is 5.32 Å². The molecule has 0 aromatic heterocycles. The summed E-state index contributed by atoms with van der Waals surface area (Å²) in [6.45, 7) is 4.31. The van der Waals surface area contributed by atoms with E-state index in [1.54, 1.807) is 13.8 Å². The van der Waals surface area contributed by atoms with Crippen molar-refractivity contribution in [2.45, 2.75) is 33.2 Å². The number of hydrogen-bond donors (Lipinski definition) is 3. The van der Waals surface area contributed by atoms with Gasteiger partial charge in [0, 0.05) is 24.6 Å². The number of rotatable bonds is 8. The molecule has 9 heteroatoms. The second kappa shape index (κ2) is 8.20.